The highest BCUT2D eigenvalue weighted by Gasteiger charge is 2.24. The molecule has 3 heteroatoms. The fourth-order valence-corrected chi connectivity index (χ4v) is 3.69. The number of rotatable bonds is 6. The lowest BCUT2D eigenvalue weighted by Crippen LogP contribution is -2.39. The maximum atomic E-state index is 5.54. The van der Waals surface area contributed by atoms with Gasteiger partial charge in [-0.25, -0.2) is 0 Å². The van der Waals surface area contributed by atoms with E-state index < -0.39 is 0 Å². The number of ether oxygens (including phenoxy) is 1. The zero-order valence-corrected chi connectivity index (χ0v) is 14.0. The van der Waals surface area contributed by atoms with Crippen LogP contribution in [0.1, 0.15) is 55.8 Å². The van der Waals surface area contributed by atoms with E-state index >= 15 is 0 Å². The van der Waals surface area contributed by atoms with Crippen molar-refractivity contribution in [2.75, 3.05) is 13.7 Å². The Balaban J connectivity index is 2.16. The maximum Gasteiger partial charge on any atom is 0.128 e. The van der Waals surface area contributed by atoms with Crippen LogP contribution in [0.4, 0.5) is 0 Å². The highest BCUT2D eigenvalue weighted by atomic mass is 16.5. The van der Waals surface area contributed by atoms with Crippen molar-refractivity contribution in [1.29, 1.82) is 0 Å². The maximum absolute atomic E-state index is 5.54. The van der Waals surface area contributed by atoms with Crippen LogP contribution in [0.25, 0.3) is 0 Å². The molecule has 118 valence electrons. The van der Waals surface area contributed by atoms with Crippen LogP contribution in [0.5, 0.6) is 5.75 Å². The molecule has 21 heavy (non-hydrogen) atoms. The average Bonchev–Trinajstić information content (AvgIpc) is 2.51. The lowest BCUT2D eigenvalue weighted by atomic mass is 9.81. The lowest BCUT2D eigenvalue weighted by molar-refractivity contribution is 0.268. The van der Waals surface area contributed by atoms with Crippen LogP contribution in [-0.4, -0.2) is 24.7 Å². The summed E-state index contributed by atoms with van der Waals surface area (Å²) in [6.45, 7) is 7.43. The molecule has 1 aliphatic rings. The van der Waals surface area contributed by atoms with E-state index in [1.54, 1.807) is 7.11 Å². The molecule has 0 aliphatic heterocycles. The SMILES string of the molecule is CCNC(Cc1ncc(C)c(OC)c1C)C1CCCCC1. The summed E-state index contributed by atoms with van der Waals surface area (Å²) in [7, 11) is 1.75. The Morgan fingerprint density at radius 1 is 1.29 bits per heavy atom. The van der Waals surface area contributed by atoms with Gasteiger partial charge in [0.2, 0.25) is 0 Å². The zero-order chi connectivity index (χ0) is 15.2. The second kappa shape index (κ2) is 7.79. The third kappa shape index (κ3) is 3.97. The first-order chi connectivity index (χ1) is 10.2. The number of hydrogen-bond donors (Lipinski definition) is 1. The van der Waals surface area contributed by atoms with E-state index in [4.69, 9.17) is 4.74 Å². The van der Waals surface area contributed by atoms with E-state index in [9.17, 15) is 0 Å². The Morgan fingerprint density at radius 3 is 2.62 bits per heavy atom. The van der Waals surface area contributed by atoms with Crippen molar-refractivity contribution in [2.45, 2.75) is 65.3 Å². The topological polar surface area (TPSA) is 34.2 Å². The number of pyridine rings is 1. The highest BCUT2D eigenvalue weighted by Crippen LogP contribution is 2.30. The largest absolute Gasteiger partial charge is 0.496 e. The molecule has 0 saturated heterocycles. The molecule has 0 spiro atoms. The Morgan fingerprint density at radius 2 is 2.00 bits per heavy atom. The van der Waals surface area contributed by atoms with Gasteiger partial charge in [0.15, 0.2) is 0 Å². The lowest BCUT2D eigenvalue weighted by Gasteiger charge is -2.31. The molecule has 1 unspecified atom stereocenters. The number of nitrogens with zero attached hydrogens (tertiary/aromatic N) is 1. The van der Waals surface area contributed by atoms with Gasteiger partial charge in [-0.1, -0.05) is 26.2 Å². The molecule has 1 saturated carbocycles. The Bertz CT molecular complexity index is 453. The summed E-state index contributed by atoms with van der Waals surface area (Å²) in [6, 6.07) is 0.550. The van der Waals surface area contributed by atoms with Gasteiger partial charge < -0.3 is 10.1 Å². The summed E-state index contributed by atoms with van der Waals surface area (Å²) in [6.07, 6.45) is 9.86. The summed E-state index contributed by atoms with van der Waals surface area (Å²) >= 11 is 0. The highest BCUT2D eigenvalue weighted by molar-refractivity contribution is 5.41. The van der Waals surface area contributed by atoms with E-state index in [0.29, 0.717) is 6.04 Å². The summed E-state index contributed by atoms with van der Waals surface area (Å²) < 4.78 is 5.54. The minimum Gasteiger partial charge on any atom is -0.496 e. The van der Waals surface area contributed by atoms with Crippen LogP contribution >= 0.6 is 0 Å². The molecular formula is C18H30N2O. The van der Waals surface area contributed by atoms with Crippen LogP contribution in [-0.2, 0) is 6.42 Å². The van der Waals surface area contributed by atoms with Crippen LogP contribution in [0.15, 0.2) is 6.20 Å². The predicted octanol–water partition coefficient (Wildman–Crippen LogP) is 3.81. The van der Waals surface area contributed by atoms with E-state index in [1.807, 2.05) is 6.20 Å². The van der Waals surface area contributed by atoms with Crippen LogP contribution in [0.3, 0.4) is 0 Å². The first-order valence-corrected chi connectivity index (χ1v) is 8.39. The van der Waals surface area contributed by atoms with Gasteiger partial charge in [-0.3, -0.25) is 4.98 Å². The molecule has 2 rings (SSSR count). The Labute approximate surface area is 129 Å². The summed E-state index contributed by atoms with van der Waals surface area (Å²) in [5.74, 6) is 1.80. The van der Waals surface area contributed by atoms with E-state index in [2.05, 4.69) is 31.1 Å². The minimum absolute atomic E-state index is 0.550. The monoisotopic (exact) mass is 290 g/mol. The van der Waals surface area contributed by atoms with Gasteiger partial charge in [-0.2, -0.15) is 0 Å². The van der Waals surface area contributed by atoms with Gasteiger partial charge in [0.05, 0.1) is 7.11 Å². The Kier molecular flexibility index (Phi) is 6.04. The van der Waals surface area contributed by atoms with Crippen molar-refractivity contribution in [1.82, 2.24) is 10.3 Å². The van der Waals surface area contributed by atoms with Crippen molar-refractivity contribution < 1.29 is 4.74 Å². The first kappa shape index (κ1) is 16.3. The van der Waals surface area contributed by atoms with Crippen molar-refractivity contribution in [3.63, 3.8) is 0 Å². The standard InChI is InChI=1S/C18H30N2O/c1-5-19-17(15-9-7-6-8-10-15)11-16-14(3)18(21-4)13(2)12-20-16/h12,15,17,19H,5-11H2,1-4H3. The van der Waals surface area contributed by atoms with Crippen molar-refractivity contribution >= 4 is 0 Å². The number of aromatic nitrogens is 1. The molecule has 1 aliphatic carbocycles. The number of aryl methyl sites for hydroxylation is 1. The normalized spacial score (nSPS) is 17.7. The molecule has 1 aromatic heterocycles. The fraction of sp³-hybridized carbons (Fsp3) is 0.722. The average molecular weight is 290 g/mol. The van der Waals surface area contributed by atoms with E-state index in [1.165, 1.54) is 43.4 Å². The third-order valence-corrected chi connectivity index (χ3v) is 4.85. The quantitative estimate of drug-likeness (QED) is 0.865. The van der Waals surface area contributed by atoms with E-state index in [-0.39, 0.29) is 0 Å². The number of hydrogen-bond acceptors (Lipinski definition) is 3. The number of methoxy groups -OCH3 is 1. The van der Waals surface area contributed by atoms with E-state index in [0.717, 1.165) is 30.2 Å². The molecule has 1 fully saturated rings. The molecule has 1 heterocycles. The van der Waals surface area contributed by atoms with Crippen LogP contribution in [0, 0.1) is 19.8 Å². The smallest absolute Gasteiger partial charge is 0.128 e. The van der Waals surface area contributed by atoms with Gasteiger partial charge in [0.25, 0.3) is 0 Å². The molecule has 3 nitrogen and oxygen atoms in total. The number of nitrogens with one attached hydrogen (secondary N) is 1. The molecular weight excluding hydrogens is 260 g/mol. The second-order valence-corrected chi connectivity index (χ2v) is 6.31. The molecule has 0 bridgehead atoms. The van der Waals surface area contributed by atoms with Crippen molar-refractivity contribution in [3.8, 4) is 5.75 Å². The van der Waals surface area contributed by atoms with Crippen molar-refractivity contribution in [3.05, 3.63) is 23.0 Å². The zero-order valence-electron chi connectivity index (χ0n) is 14.0. The molecule has 1 N–H and O–H groups in total. The van der Waals surface area contributed by atoms with Gasteiger partial charge in [-0.15, -0.1) is 0 Å². The fourth-order valence-electron chi connectivity index (χ4n) is 3.69. The summed E-state index contributed by atoms with van der Waals surface area (Å²) in [5.41, 5.74) is 3.52. The minimum atomic E-state index is 0.550. The van der Waals surface area contributed by atoms with Gasteiger partial charge >= 0.3 is 0 Å². The van der Waals surface area contributed by atoms with Crippen LogP contribution in [0.2, 0.25) is 0 Å². The number of likely N-dealkylation sites (N-methyl/N-ethyl adjacent to an activating group) is 1. The first-order valence-electron chi connectivity index (χ1n) is 8.39. The van der Waals surface area contributed by atoms with Crippen molar-refractivity contribution in [2.24, 2.45) is 5.92 Å². The summed E-state index contributed by atoms with van der Waals surface area (Å²) in [4.78, 5) is 4.68. The Hall–Kier alpha value is -1.09. The van der Waals surface area contributed by atoms with Gasteiger partial charge in [-0.05, 0) is 39.2 Å². The molecule has 1 aromatic rings. The molecule has 0 radical (unpaired) electrons. The van der Waals surface area contributed by atoms with Crippen LogP contribution < -0.4 is 10.1 Å². The van der Waals surface area contributed by atoms with Gasteiger partial charge in [0, 0.05) is 35.5 Å². The van der Waals surface area contributed by atoms with Gasteiger partial charge in [0.1, 0.15) is 5.75 Å². The molecule has 0 aromatic carbocycles. The second-order valence-electron chi connectivity index (χ2n) is 6.31. The molecule has 0 amide bonds. The predicted molar refractivity (Wildman–Crippen MR) is 88.0 cm³/mol. The summed E-state index contributed by atoms with van der Waals surface area (Å²) in [5, 5.41) is 3.70. The third-order valence-electron chi connectivity index (χ3n) is 4.85. The molecule has 1 atom stereocenters.